The summed E-state index contributed by atoms with van der Waals surface area (Å²) in [6.07, 6.45) is 1.97. The van der Waals surface area contributed by atoms with E-state index in [4.69, 9.17) is 10.00 Å². The van der Waals surface area contributed by atoms with Crippen molar-refractivity contribution < 1.29 is 4.74 Å². The number of thioether (sulfide) groups is 1. The molecule has 0 radical (unpaired) electrons. The summed E-state index contributed by atoms with van der Waals surface area (Å²) in [6, 6.07) is 4.45. The summed E-state index contributed by atoms with van der Waals surface area (Å²) in [6.45, 7) is 11.5. The number of hydrogen-bond donors (Lipinski definition) is 0. The van der Waals surface area contributed by atoms with Crippen molar-refractivity contribution in [2.24, 2.45) is 0 Å². The molecule has 1 rings (SSSR count). The molecule has 0 aliphatic heterocycles. The quantitative estimate of drug-likeness (QED) is 0.555. The monoisotopic (exact) mass is 291 g/mol. The van der Waals surface area contributed by atoms with Gasteiger partial charge in [0.05, 0.1) is 6.61 Å². The first-order valence-corrected chi connectivity index (χ1v) is 8.16. The lowest BCUT2D eigenvalue weighted by molar-refractivity contribution is 0.326. The Hall–Kier alpha value is -1.14. The van der Waals surface area contributed by atoms with Crippen molar-refractivity contribution >= 4 is 11.8 Å². The van der Waals surface area contributed by atoms with E-state index in [-0.39, 0.29) is 5.41 Å². The van der Waals surface area contributed by atoms with Crippen LogP contribution in [0.15, 0.2) is 12.1 Å². The van der Waals surface area contributed by atoms with E-state index in [0.29, 0.717) is 6.61 Å². The second kappa shape index (κ2) is 7.59. The topological polar surface area (TPSA) is 33.0 Å². The molecule has 0 amide bonds. The molecule has 0 saturated heterocycles. The van der Waals surface area contributed by atoms with Crippen molar-refractivity contribution in [2.75, 3.05) is 12.4 Å². The molecule has 3 heteroatoms. The van der Waals surface area contributed by atoms with Crippen LogP contribution in [0.4, 0.5) is 0 Å². The third-order valence-electron chi connectivity index (χ3n) is 3.16. The molecule has 110 valence electrons. The van der Waals surface area contributed by atoms with E-state index in [0.717, 1.165) is 24.3 Å². The average Bonchev–Trinajstić information content (AvgIpc) is 2.36. The molecule has 0 aromatic heterocycles. The minimum atomic E-state index is 0.0761. The molecule has 0 unspecified atom stereocenters. The van der Waals surface area contributed by atoms with Crippen molar-refractivity contribution in [1.82, 2.24) is 0 Å². The number of ether oxygens (including phenoxy) is 1. The van der Waals surface area contributed by atoms with Crippen molar-refractivity contribution in [3.8, 4) is 11.2 Å². The van der Waals surface area contributed by atoms with Gasteiger partial charge in [-0.05, 0) is 49.4 Å². The zero-order chi connectivity index (χ0) is 15.2. The van der Waals surface area contributed by atoms with Crippen LogP contribution >= 0.6 is 11.8 Å². The van der Waals surface area contributed by atoms with E-state index in [1.807, 2.05) is 6.92 Å². The van der Waals surface area contributed by atoms with Gasteiger partial charge in [0.1, 0.15) is 11.2 Å². The van der Waals surface area contributed by atoms with Crippen molar-refractivity contribution in [3.63, 3.8) is 0 Å². The van der Waals surface area contributed by atoms with E-state index < -0.39 is 0 Å². The lowest BCUT2D eigenvalue weighted by Crippen LogP contribution is -2.15. The molecule has 0 saturated carbocycles. The molecule has 1 aromatic carbocycles. The van der Waals surface area contributed by atoms with E-state index in [2.05, 4.69) is 45.2 Å². The van der Waals surface area contributed by atoms with Crippen LogP contribution in [0.2, 0.25) is 0 Å². The smallest absolute Gasteiger partial charge is 0.133 e. The van der Waals surface area contributed by atoms with Gasteiger partial charge in [-0.3, -0.25) is 0 Å². The van der Waals surface area contributed by atoms with E-state index in [1.165, 1.54) is 28.5 Å². The summed E-state index contributed by atoms with van der Waals surface area (Å²) in [7, 11) is 0. The lowest BCUT2D eigenvalue weighted by atomic mass is 9.83. The maximum Gasteiger partial charge on any atom is 0.133 e. The molecule has 0 aliphatic carbocycles. The predicted octanol–water partition coefficient (Wildman–Crippen LogP) is 4.84. The minimum Gasteiger partial charge on any atom is -0.493 e. The first-order chi connectivity index (χ1) is 9.40. The second-order valence-electron chi connectivity index (χ2n) is 6.03. The first-order valence-electron chi connectivity index (χ1n) is 7.17. The average molecular weight is 291 g/mol. The van der Waals surface area contributed by atoms with Crippen LogP contribution in [0, 0.1) is 17.6 Å². The summed E-state index contributed by atoms with van der Waals surface area (Å²) in [5.41, 5.74) is 3.91. The van der Waals surface area contributed by atoms with Gasteiger partial charge in [-0.2, -0.15) is 5.26 Å². The molecule has 2 nitrogen and oxygen atoms in total. The third kappa shape index (κ3) is 4.76. The van der Waals surface area contributed by atoms with Crippen LogP contribution in [0.25, 0.3) is 0 Å². The Bertz CT molecular complexity index is 483. The fourth-order valence-electron chi connectivity index (χ4n) is 2.29. The van der Waals surface area contributed by atoms with E-state index in [9.17, 15) is 0 Å². The van der Waals surface area contributed by atoms with Gasteiger partial charge in [-0.1, -0.05) is 38.5 Å². The number of rotatable bonds is 6. The summed E-state index contributed by atoms with van der Waals surface area (Å²) in [5, 5.41) is 10.7. The van der Waals surface area contributed by atoms with Crippen LogP contribution < -0.4 is 4.74 Å². The van der Waals surface area contributed by atoms with Crippen molar-refractivity contribution in [2.45, 2.75) is 52.9 Å². The Balaban J connectivity index is 3.08. The Morgan fingerprint density at radius 2 is 2.00 bits per heavy atom. The third-order valence-corrected chi connectivity index (χ3v) is 3.79. The standard InChI is InChI=1S/C17H25NOS/c1-6-19-16-14(8-7-9-20-12-18)10-13(2)11-15(16)17(3,4)5/h10-11H,6-9H2,1-5H3. The van der Waals surface area contributed by atoms with E-state index in [1.54, 1.807) is 0 Å². The molecule has 1 aromatic rings. The number of benzene rings is 1. The maximum atomic E-state index is 8.59. The fraction of sp³-hybridized carbons (Fsp3) is 0.588. The molecule has 0 spiro atoms. The van der Waals surface area contributed by atoms with Crippen LogP contribution in [0.1, 0.15) is 50.8 Å². The Morgan fingerprint density at radius 1 is 1.30 bits per heavy atom. The normalized spacial score (nSPS) is 11.2. The Labute approximate surface area is 127 Å². The van der Waals surface area contributed by atoms with E-state index >= 15 is 0 Å². The summed E-state index contributed by atoms with van der Waals surface area (Å²) >= 11 is 1.33. The van der Waals surface area contributed by atoms with Gasteiger partial charge in [0, 0.05) is 11.3 Å². The number of nitrogens with zero attached hydrogens (tertiary/aromatic N) is 1. The van der Waals surface area contributed by atoms with Crippen LogP contribution in [-0.2, 0) is 11.8 Å². The number of hydrogen-bond acceptors (Lipinski definition) is 3. The summed E-state index contributed by atoms with van der Waals surface area (Å²) in [5.74, 6) is 1.92. The van der Waals surface area contributed by atoms with Crippen molar-refractivity contribution in [3.05, 3.63) is 28.8 Å². The van der Waals surface area contributed by atoms with Gasteiger partial charge < -0.3 is 4.74 Å². The molecule has 0 atom stereocenters. The van der Waals surface area contributed by atoms with Gasteiger partial charge >= 0.3 is 0 Å². The predicted molar refractivity (Wildman–Crippen MR) is 87.4 cm³/mol. The van der Waals surface area contributed by atoms with Crippen LogP contribution in [0.3, 0.4) is 0 Å². The largest absolute Gasteiger partial charge is 0.493 e. The fourth-order valence-corrected chi connectivity index (χ4v) is 2.67. The molecule has 0 fully saturated rings. The Kier molecular flexibility index (Phi) is 6.42. The highest BCUT2D eigenvalue weighted by molar-refractivity contribution is 8.03. The summed E-state index contributed by atoms with van der Waals surface area (Å²) in [4.78, 5) is 0. The highest BCUT2D eigenvalue weighted by atomic mass is 32.2. The lowest BCUT2D eigenvalue weighted by Gasteiger charge is -2.25. The molecule has 0 bridgehead atoms. The second-order valence-corrected chi connectivity index (χ2v) is 6.91. The molecule has 0 N–H and O–H groups in total. The van der Waals surface area contributed by atoms with Crippen molar-refractivity contribution in [1.29, 1.82) is 5.26 Å². The molecule has 20 heavy (non-hydrogen) atoms. The first kappa shape index (κ1) is 16.9. The van der Waals surface area contributed by atoms with Crippen LogP contribution in [0.5, 0.6) is 5.75 Å². The molecular weight excluding hydrogens is 266 g/mol. The van der Waals surface area contributed by atoms with Crippen LogP contribution in [-0.4, -0.2) is 12.4 Å². The van der Waals surface area contributed by atoms with Gasteiger partial charge in [0.15, 0.2) is 0 Å². The van der Waals surface area contributed by atoms with Gasteiger partial charge in [-0.25, -0.2) is 0 Å². The number of aryl methyl sites for hydroxylation is 2. The molecular formula is C17H25NOS. The van der Waals surface area contributed by atoms with Gasteiger partial charge in [0.2, 0.25) is 0 Å². The van der Waals surface area contributed by atoms with Gasteiger partial charge in [0.25, 0.3) is 0 Å². The maximum absolute atomic E-state index is 8.59. The molecule has 0 aliphatic rings. The summed E-state index contributed by atoms with van der Waals surface area (Å²) < 4.78 is 5.93. The van der Waals surface area contributed by atoms with Gasteiger partial charge in [-0.15, -0.1) is 0 Å². The number of nitriles is 1. The minimum absolute atomic E-state index is 0.0761. The highest BCUT2D eigenvalue weighted by Gasteiger charge is 2.21. The zero-order valence-corrected chi connectivity index (χ0v) is 14.1. The highest BCUT2D eigenvalue weighted by Crippen LogP contribution is 2.36. The number of thiocyanates is 1. The SMILES string of the molecule is CCOc1c(CCCSC#N)cc(C)cc1C(C)(C)C. The molecule has 0 heterocycles. The Morgan fingerprint density at radius 3 is 2.55 bits per heavy atom. The zero-order valence-electron chi connectivity index (χ0n) is 13.2.